The lowest BCUT2D eigenvalue weighted by Gasteiger charge is -2.28. The topological polar surface area (TPSA) is 86.9 Å². The van der Waals surface area contributed by atoms with Gasteiger partial charge < -0.3 is 10.6 Å². The summed E-state index contributed by atoms with van der Waals surface area (Å²) in [6.07, 6.45) is 0. The summed E-state index contributed by atoms with van der Waals surface area (Å²) in [4.78, 5) is 26.0. The first-order valence-electron chi connectivity index (χ1n) is 6.19. The Morgan fingerprint density at radius 2 is 2.15 bits per heavy atom. The first-order valence-corrected chi connectivity index (χ1v) is 7.00. The second kappa shape index (κ2) is 3.71. The molecule has 2 atom stereocenters. The second-order valence-corrected chi connectivity index (χ2v) is 6.06. The summed E-state index contributed by atoms with van der Waals surface area (Å²) in [5.41, 5.74) is 6.26. The minimum absolute atomic E-state index is 0.294. The number of hydroxylamine groups is 2. The maximum absolute atomic E-state index is 12.0. The zero-order valence-electron chi connectivity index (χ0n) is 10.3. The van der Waals surface area contributed by atoms with Gasteiger partial charge in [-0.1, -0.05) is 18.2 Å². The molecule has 7 heteroatoms. The van der Waals surface area contributed by atoms with Crippen LogP contribution in [0.1, 0.15) is 22.5 Å². The maximum atomic E-state index is 12.0. The number of hydrogen-bond donors (Lipinski definition) is 2. The van der Waals surface area contributed by atoms with Crippen molar-refractivity contribution in [3.05, 3.63) is 34.7 Å². The van der Waals surface area contributed by atoms with E-state index in [1.807, 2.05) is 24.3 Å². The van der Waals surface area contributed by atoms with Gasteiger partial charge in [-0.15, -0.1) is 11.3 Å². The largest absolute Gasteiger partial charge is 0.368 e. The van der Waals surface area contributed by atoms with E-state index in [0.717, 1.165) is 20.5 Å². The Balaban J connectivity index is 2.05. The van der Waals surface area contributed by atoms with Crippen molar-refractivity contribution in [2.45, 2.75) is 12.1 Å². The molecule has 1 fully saturated rings. The van der Waals surface area contributed by atoms with Crippen molar-refractivity contribution in [1.82, 2.24) is 9.96 Å². The van der Waals surface area contributed by atoms with E-state index in [1.165, 1.54) is 16.2 Å². The quantitative estimate of drug-likeness (QED) is 0.782. The van der Waals surface area contributed by atoms with E-state index < -0.39 is 24.0 Å². The van der Waals surface area contributed by atoms with Gasteiger partial charge in [-0.2, -0.15) is 5.06 Å². The molecule has 1 saturated heterocycles. The number of fused-ring (bicyclic) bond motifs is 6. The molecule has 0 saturated carbocycles. The molecule has 3 heterocycles. The fourth-order valence-corrected chi connectivity index (χ4v) is 4.40. The van der Waals surface area contributed by atoms with Gasteiger partial charge in [0.1, 0.15) is 12.1 Å². The van der Waals surface area contributed by atoms with Crippen molar-refractivity contribution in [3.8, 4) is 0 Å². The lowest BCUT2D eigenvalue weighted by Crippen LogP contribution is -2.40. The summed E-state index contributed by atoms with van der Waals surface area (Å²) in [5, 5.41) is 11.6. The SMILES string of the molecule is NC(=O)[C@@H]1c2c(sc3ccccc23)[C@H]2CN1C(=O)N2O. The van der Waals surface area contributed by atoms with Crippen LogP contribution in [0.5, 0.6) is 0 Å². The van der Waals surface area contributed by atoms with Crippen molar-refractivity contribution < 1.29 is 14.8 Å². The molecular weight excluding hydrogens is 278 g/mol. The number of amides is 3. The number of benzene rings is 1. The van der Waals surface area contributed by atoms with Crippen LogP contribution in [-0.4, -0.2) is 33.7 Å². The van der Waals surface area contributed by atoms with E-state index >= 15 is 0 Å². The molecule has 2 aliphatic heterocycles. The van der Waals surface area contributed by atoms with Gasteiger partial charge in [0.15, 0.2) is 0 Å². The average molecular weight is 289 g/mol. The van der Waals surface area contributed by atoms with E-state index in [1.54, 1.807) is 0 Å². The highest BCUT2D eigenvalue weighted by atomic mass is 32.1. The van der Waals surface area contributed by atoms with E-state index in [2.05, 4.69) is 0 Å². The Morgan fingerprint density at radius 3 is 2.90 bits per heavy atom. The first-order chi connectivity index (χ1) is 9.59. The van der Waals surface area contributed by atoms with Crippen LogP contribution in [0.3, 0.4) is 0 Å². The van der Waals surface area contributed by atoms with Gasteiger partial charge in [0.05, 0.1) is 6.54 Å². The normalized spacial score (nSPS) is 24.4. The lowest BCUT2D eigenvalue weighted by molar-refractivity contribution is -0.122. The molecule has 2 aromatic rings. The monoisotopic (exact) mass is 289 g/mol. The predicted molar refractivity (Wildman–Crippen MR) is 72.2 cm³/mol. The third kappa shape index (κ3) is 1.26. The molecular formula is C13H11N3O3S. The van der Waals surface area contributed by atoms with Crippen LogP contribution in [-0.2, 0) is 4.79 Å². The molecule has 6 nitrogen and oxygen atoms in total. The number of rotatable bonds is 1. The number of thiophene rings is 1. The molecule has 0 radical (unpaired) electrons. The number of nitrogens with zero attached hydrogens (tertiary/aromatic N) is 2. The zero-order chi connectivity index (χ0) is 14.0. The summed E-state index contributed by atoms with van der Waals surface area (Å²) < 4.78 is 1.03. The number of carbonyl (C=O) groups excluding carboxylic acids is 2. The molecule has 1 aromatic heterocycles. The predicted octanol–water partition coefficient (Wildman–Crippen LogP) is 1.61. The van der Waals surface area contributed by atoms with Crippen LogP contribution in [0, 0.1) is 0 Å². The molecule has 1 aromatic carbocycles. The summed E-state index contributed by atoms with van der Waals surface area (Å²) in [6, 6.07) is 5.90. The molecule has 3 N–H and O–H groups in total. The Bertz CT molecular complexity index is 756. The van der Waals surface area contributed by atoms with Gasteiger partial charge in [0.25, 0.3) is 0 Å². The standard InChI is InChI=1S/C13H11N3O3S/c14-12(17)10-9-6-3-1-2-4-8(6)20-11(9)7-5-15(10)13(18)16(7)19/h1-4,7,10,19H,5H2,(H2,14,17)/t7-,10+/m1/s1. The summed E-state index contributed by atoms with van der Waals surface area (Å²) in [6.45, 7) is 0.294. The van der Waals surface area contributed by atoms with Gasteiger partial charge in [-0.25, -0.2) is 4.79 Å². The number of nitrogens with two attached hydrogens (primary N) is 1. The summed E-state index contributed by atoms with van der Waals surface area (Å²) in [7, 11) is 0. The van der Waals surface area contributed by atoms with E-state index in [-0.39, 0.29) is 0 Å². The zero-order valence-corrected chi connectivity index (χ0v) is 11.1. The first kappa shape index (κ1) is 11.7. The van der Waals surface area contributed by atoms with E-state index in [9.17, 15) is 14.8 Å². The molecule has 4 rings (SSSR count). The number of urea groups is 1. The summed E-state index contributed by atoms with van der Waals surface area (Å²) >= 11 is 1.50. The van der Waals surface area contributed by atoms with Gasteiger partial charge in [-0.05, 0) is 11.5 Å². The van der Waals surface area contributed by atoms with Crippen molar-refractivity contribution in [1.29, 1.82) is 0 Å². The molecule has 0 aliphatic carbocycles. The van der Waals surface area contributed by atoms with E-state index in [0.29, 0.717) is 11.6 Å². The van der Waals surface area contributed by atoms with Crippen molar-refractivity contribution in [2.75, 3.05) is 6.54 Å². The fourth-order valence-electron chi connectivity index (χ4n) is 3.08. The number of hydrogen-bond acceptors (Lipinski definition) is 4. The number of carbonyl (C=O) groups is 2. The van der Waals surface area contributed by atoms with Crippen molar-refractivity contribution >= 4 is 33.4 Å². The smallest absolute Gasteiger partial charge is 0.345 e. The van der Waals surface area contributed by atoms with Gasteiger partial charge in [0.2, 0.25) is 5.91 Å². The Hall–Kier alpha value is -2.12. The molecule has 102 valence electrons. The van der Waals surface area contributed by atoms with Crippen LogP contribution in [0.25, 0.3) is 10.1 Å². The van der Waals surface area contributed by atoms with Crippen LogP contribution in [0.15, 0.2) is 24.3 Å². The van der Waals surface area contributed by atoms with Gasteiger partial charge in [-0.3, -0.25) is 10.0 Å². The molecule has 2 aliphatic rings. The Morgan fingerprint density at radius 1 is 1.40 bits per heavy atom. The fraction of sp³-hybridized carbons (Fsp3) is 0.231. The Labute approximate surface area is 117 Å². The highest BCUT2D eigenvalue weighted by Gasteiger charge is 2.51. The van der Waals surface area contributed by atoms with Gasteiger partial charge >= 0.3 is 6.03 Å². The molecule has 0 spiro atoms. The third-order valence-electron chi connectivity index (χ3n) is 3.93. The minimum Gasteiger partial charge on any atom is -0.368 e. The lowest BCUT2D eigenvalue weighted by atomic mass is 9.95. The van der Waals surface area contributed by atoms with Crippen LogP contribution >= 0.6 is 11.3 Å². The molecule has 3 amide bonds. The van der Waals surface area contributed by atoms with Crippen molar-refractivity contribution in [3.63, 3.8) is 0 Å². The molecule has 2 bridgehead atoms. The van der Waals surface area contributed by atoms with E-state index in [4.69, 9.17) is 5.73 Å². The molecule has 0 unspecified atom stereocenters. The van der Waals surface area contributed by atoms with Crippen LogP contribution in [0.4, 0.5) is 4.79 Å². The average Bonchev–Trinajstić information content (AvgIpc) is 2.93. The minimum atomic E-state index is -0.804. The van der Waals surface area contributed by atoms with Crippen molar-refractivity contribution in [2.24, 2.45) is 5.73 Å². The second-order valence-electron chi connectivity index (χ2n) is 4.98. The van der Waals surface area contributed by atoms with Crippen LogP contribution in [0.2, 0.25) is 0 Å². The number of primary amides is 1. The molecule has 20 heavy (non-hydrogen) atoms. The highest BCUT2D eigenvalue weighted by Crippen LogP contribution is 2.49. The third-order valence-corrected chi connectivity index (χ3v) is 5.21. The highest BCUT2D eigenvalue weighted by molar-refractivity contribution is 7.19. The van der Waals surface area contributed by atoms with Crippen LogP contribution < -0.4 is 5.73 Å². The van der Waals surface area contributed by atoms with Gasteiger partial charge in [0, 0.05) is 15.1 Å². The summed E-state index contributed by atoms with van der Waals surface area (Å²) in [5.74, 6) is -0.572. The Kier molecular flexibility index (Phi) is 2.17. The maximum Gasteiger partial charge on any atom is 0.345 e.